The molecule has 0 atom stereocenters. The number of nitrogens with zero attached hydrogens (tertiary/aromatic N) is 2. The van der Waals surface area contributed by atoms with E-state index in [1.54, 1.807) is 18.3 Å². The van der Waals surface area contributed by atoms with Crippen molar-refractivity contribution in [1.82, 2.24) is 9.97 Å². The van der Waals surface area contributed by atoms with Crippen LogP contribution in [0.1, 0.15) is 10.4 Å². The van der Waals surface area contributed by atoms with Crippen molar-refractivity contribution in [2.45, 2.75) is 0 Å². The number of hydrogen-bond acceptors (Lipinski definition) is 5. The molecule has 0 aliphatic rings. The van der Waals surface area contributed by atoms with Crippen molar-refractivity contribution in [3.05, 3.63) is 64.2 Å². The minimum atomic E-state index is -1.07. The molecule has 0 spiro atoms. The molecule has 2 heterocycles. The first kappa shape index (κ1) is 13.7. The van der Waals surface area contributed by atoms with Gasteiger partial charge in [0, 0.05) is 29.9 Å². The third-order valence-corrected chi connectivity index (χ3v) is 3.00. The van der Waals surface area contributed by atoms with Gasteiger partial charge in [-0.05, 0) is 18.2 Å². The molecule has 8 heteroatoms. The molecule has 0 bridgehead atoms. The number of pyridine rings is 1. The number of H-pyrrole nitrogens is 1. The SMILES string of the molecule is O=C(Oc1ccc([N+](=O)[O-])c(F)c1)c1c[nH]c2ncccc12. The molecule has 0 saturated carbocycles. The van der Waals surface area contributed by atoms with E-state index in [1.807, 2.05) is 0 Å². The average molecular weight is 301 g/mol. The van der Waals surface area contributed by atoms with Gasteiger partial charge in [0.15, 0.2) is 0 Å². The first-order chi connectivity index (χ1) is 10.6. The maximum Gasteiger partial charge on any atom is 0.345 e. The summed E-state index contributed by atoms with van der Waals surface area (Å²) < 4.78 is 18.5. The molecule has 0 saturated heterocycles. The van der Waals surface area contributed by atoms with Gasteiger partial charge in [-0.25, -0.2) is 9.78 Å². The van der Waals surface area contributed by atoms with Crippen LogP contribution in [-0.4, -0.2) is 20.9 Å². The molecule has 2 aromatic heterocycles. The Morgan fingerprint density at radius 2 is 2.18 bits per heavy atom. The number of esters is 1. The number of carbonyl (C=O) groups is 1. The number of halogens is 1. The zero-order valence-corrected chi connectivity index (χ0v) is 10.9. The molecular weight excluding hydrogens is 293 g/mol. The molecule has 7 nitrogen and oxygen atoms in total. The van der Waals surface area contributed by atoms with Crippen LogP contribution < -0.4 is 4.74 Å². The molecule has 1 N–H and O–H groups in total. The van der Waals surface area contributed by atoms with Crippen LogP contribution in [0.25, 0.3) is 11.0 Å². The van der Waals surface area contributed by atoms with E-state index in [-0.39, 0.29) is 11.3 Å². The quantitative estimate of drug-likeness (QED) is 0.347. The Balaban J connectivity index is 1.88. The summed E-state index contributed by atoms with van der Waals surface area (Å²) in [4.78, 5) is 28.6. The van der Waals surface area contributed by atoms with Crippen molar-refractivity contribution in [3.63, 3.8) is 0 Å². The van der Waals surface area contributed by atoms with Crippen molar-refractivity contribution >= 4 is 22.7 Å². The monoisotopic (exact) mass is 301 g/mol. The topological polar surface area (TPSA) is 98.1 Å². The molecule has 0 amide bonds. The fourth-order valence-electron chi connectivity index (χ4n) is 1.99. The summed E-state index contributed by atoms with van der Waals surface area (Å²) in [5.74, 6) is -1.91. The van der Waals surface area contributed by atoms with Crippen molar-refractivity contribution in [2.75, 3.05) is 0 Å². The average Bonchev–Trinajstić information content (AvgIpc) is 2.91. The fourth-order valence-corrected chi connectivity index (χ4v) is 1.99. The molecule has 0 radical (unpaired) electrons. The zero-order valence-electron chi connectivity index (χ0n) is 10.9. The van der Waals surface area contributed by atoms with Gasteiger partial charge in [-0.1, -0.05) is 0 Å². The Morgan fingerprint density at radius 3 is 2.91 bits per heavy atom. The predicted molar refractivity (Wildman–Crippen MR) is 74.1 cm³/mol. The van der Waals surface area contributed by atoms with Crippen molar-refractivity contribution < 1.29 is 18.8 Å². The molecule has 3 aromatic rings. The minimum Gasteiger partial charge on any atom is -0.423 e. The van der Waals surface area contributed by atoms with E-state index in [1.165, 1.54) is 6.20 Å². The van der Waals surface area contributed by atoms with E-state index >= 15 is 0 Å². The van der Waals surface area contributed by atoms with Crippen LogP contribution in [0.15, 0.2) is 42.7 Å². The van der Waals surface area contributed by atoms with Gasteiger partial charge in [0.2, 0.25) is 5.82 Å². The number of nitro benzene ring substituents is 1. The highest BCUT2D eigenvalue weighted by Crippen LogP contribution is 2.24. The lowest BCUT2D eigenvalue weighted by Crippen LogP contribution is -2.08. The van der Waals surface area contributed by atoms with Crippen LogP contribution in [0.5, 0.6) is 5.75 Å². The Labute approximate surface area is 122 Å². The van der Waals surface area contributed by atoms with Gasteiger partial charge in [-0.15, -0.1) is 0 Å². The number of ether oxygens (including phenoxy) is 1. The summed E-state index contributed by atoms with van der Waals surface area (Å²) in [5.41, 5.74) is 0.0716. The predicted octanol–water partition coefficient (Wildman–Crippen LogP) is 2.83. The van der Waals surface area contributed by atoms with Gasteiger partial charge >= 0.3 is 11.7 Å². The van der Waals surface area contributed by atoms with Crippen LogP contribution in [0.2, 0.25) is 0 Å². The van der Waals surface area contributed by atoms with Crippen molar-refractivity contribution in [2.24, 2.45) is 0 Å². The van der Waals surface area contributed by atoms with E-state index in [0.29, 0.717) is 11.0 Å². The molecule has 0 unspecified atom stereocenters. The molecule has 22 heavy (non-hydrogen) atoms. The van der Waals surface area contributed by atoms with Crippen LogP contribution >= 0.6 is 0 Å². The number of aromatic nitrogens is 2. The summed E-state index contributed by atoms with van der Waals surface area (Å²) in [7, 11) is 0. The highest BCUT2D eigenvalue weighted by molar-refractivity contribution is 6.03. The maximum atomic E-state index is 13.5. The van der Waals surface area contributed by atoms with Gasteiger partial charge in [-0.3, -0.25) is 10.1 Å². The molecule has 0 aliphatic carbocycles. The van der Waals surface area contributed by atoms with Crippen molar-refractivity contribution in [3.8, 4) is 5.75 Å². The largest absolute Gasteiger partial charge is 0.423 e. The lowest BCUT2D eigenvalue weighted by molar-refractivity contribution is -0.387. The minimum absolute atomic E-state index is 0.119. The number of nitro groups is 1. The lowest BCUT2D eigenvalue weighted by Gasteiger charge is -2.03. The van der Waals surface area contributed by atoms with E-state index in [2.05, 4.69) is 9.97 Å². The molecule has 110 valence electrons. The van der Waals surface area contributed by atoms with E-state index in [4.69, 9.17) is 4.74 Å². The smallest absolute Gasteiger partial charge is 0.345 e. The Kier molecular flexibility index (Phi) is 3.26. The van der Waals surface area contributed by atoms with Gasteiger partial charge < -0.3 is 9.72 Å². The van der Waals surface area contributed by atoms with Crippen LogP contribution in [0.3, 0.4) is 0 Å². The van der Waals surface area contributed by atoms with Gasteiger partial charge in [0.25, 0.3) is 0 Å². The third-order valence-electron chi connectivity index (χ3n) is 3.00. The second-order valence-electron chi connectivity index (χ2n) is 4.36. The number of carbonyl (C=O) groups excluding carboxylic acids is 1. The summed E-state index contributed by atoms with van der Waals surface area (Å²) >= 11 is 0. The van der Waals surface area contributed by atoms with Crippen LogP contribution in [0, 0.1) is 15.9 Å². The molecule has 1 aromatic carbocycles. The summed E-state index contributed by atoms with van der Waals surface area (Å²) in [6.45, 7) is 0. The third kappa shape index (κ3) is 2.37. The molecule has 3 rings (SSSR count). The Morgan fingerprint density at radius 1 is 1.36 bits per heavy atom. The number of fused-ring (bicyclic) bond motifs is 1. The lowest BCUT2D eigenvalue weighted by atomic mass is 10.2. The van der Waals surface area contributed by atoms with E-state index in [9.17, 15) is 19.3 Å². The first-order valence-electron chi connectivity index (χ1n) is 6.14. The summed E-state index contributed by atoms with van der Waals surface area (Å²) in [5, 5.41) is 11.1. The molecular formula is C14H8FN3O4. The standard InChI is InChI=1S/C14H8FN3O4/c15-11-6-8(3-4-12(11)18(20)21)22-14(19)10-7-17-13-9(10)2-1-5-16-13/h1-7H,(H,16,17). The van der Waals surface area contributed by atoms with Crippen LogP contribution in [0.4, 0.5) is 10.1 Å². The molecule has 0 aliphatic heterocycles. The van der Waals surface area contributed by atoms with Gasteiger partial charge in [-0.2, -0.15) is 4.39 Å². The number of nitrogens with one attached hydrogen (secondary N) is 1. The summed E-state index contributed by atoms with van der Waals surface area (Å²) in [6.07, 6.45) is 3.00. The number of rotatable bonds is 3. The van der Waals surface area contributed by atoms with Crippen molar-refractivity contribution in [1.29, 1.82) is 0 Å². The van der Waals surface area contributed by atoms with E-state index < -0.39 is 22.4 Å². The summed E-state index contributed by atoms with van der Waals surface area (Å²) in [6, 6.07) is 6.24. The number of hydrogen-bond donors (Lipinski definition) is 1. The molecule has 0 fully saturated rings. The highest BCUT2D eigenvalue weighted by Gasteiger charge is 2.18. The van der Waals surface area contributed by atoms with E-state index in [0.717, 1.165) is 18.2 Å². The number of aromatic amines is 1. The fraction of sp³-hybridized carbons (Fsp3) is 0. The Hall–Kier alpha value is -3.29. The van der Waals surface area contributed by atoms with Gasteiger partial charge in [0.05, 0.1) is 10.5 Å². The second kappa shape index (κ2) is 5.24. The second-order valence-corrected chi connectivity index (χ2v) is 4.36. The Bertz CT molecular complexity index is 891. The zero-order chi connectivity index (χ0) is 15.7. The normalized spacial score (nSPS) is 10.6. The first-order valence-corrected chi connectivity index (χ1v) is 6.14. The van der Waals surface area contributed by atoms with Gasteiger partial charge in [0.1, 0.15) is 11.4 Å². The number of benzene rings is 1. The van der Waals surface area contributed by atoms with Crippen LogP contribution in [-0.2, 0) is 0 Å². The highest BCUT2D eigenvalue weighted by atomic mass is 19.1. The maximum absolute atomic E-state index is 13.5.